The van der Waals surface area contributed by atoms with Gasteiger partial charge in [-0.3, -0.25) is 9.59 Å². The van der Waals surface area contributed by atoms with Crippen LogP contribution in [0, 0.1) is 0 Å². The summed E-state index contributed by atoms with van der Waals surface area (Å²) in [6.45, 7) is 1.95. The topological polar surface area (TPSA) is 89.7 Å². The molecule has 23 heavy (non-hydrogen) atoms. The molecule has 0 aliphatic carbocycles. The molecule has 2 aliphatic heterocycles. The van der Waals surface area contributed by atoms with Crippen LogP contribution in [0.5, 0.6) is 0 Å². The minimum atomic E-state index is -0.560. The monoisotopic (exact) mass is 334 g/mol. The van der Waals surface area contributed by atoms with Crippen LogP contribution < -0.4 is 5.73 Å². The second-order valence-electron chi connectivity index (χ2n) is 5.89. The van der Waals surface area contributed by atoms with E-state index >= 15 is 0 Å². The predicted molar refractivity (Wildman–Crippen MR) is 85.5 cm³/mol. The number of nitrogens with two attached hydrogens (primary N) is 1. The lowest BCUT2D eigenvalue weighted by atomic mass is 10.1. The van der Waals surface area contributed by atoms with Crippen molar-refractivity contribution in [2.24, 2.45) is 5.73 Å². The summed E-state index contributed by atoms with van der Waals surface area (Å²) in [5.74, 6) is -0.457. The highest BCUT2D eigenvalue weighted by Gasteiger charge is 2.53. The number of amides is 2. The Morgan fingerprint density at radius 1 is 1.43 bits per heavy atom. The number of esters is 1. The molecule has 2 N–H and O–H groups in total. The molecule has 0 spiro atoms. The van der Waals surface area contributed by atoms with E-state index in [-0.39, 0.29) is 17.4 Å². The Morgan fingerprint density at radius 2 is 2.17 bits per heavy atom. The fraction of sp³-hybridized carbons (Fsp3) is 0.438. The van der Waals surface area contributed by atoms with Crippen LogP contribution in [-0.2, 0) is 20.9 Å². The van der Waals surface area contributed by atoms with Crippen LogP contribution in [0.2, 0.25) is 0 Å². The fourth-order valence-electron chi connectivity index (χ4n) is 3.13. The number of hydrogen-bond acceptors (Lipinski definition) is 5. The molecule has 0 unspecified atom stereocenters. The highest BCUT2D eigenvalue weighted by atomic mass is 32.2. The number of carbonyl (C=O) groups excluding carboxylic acids is 3. The number of benzene rings is 1. The number of ether oxygens (including phenoxy) is 1. The smallest absolute Gasteiger partial charge is 0.330 e. The summed E-state index contributed by atoms with van der Waals surface area (Å²) in [5.41, 5.74) is 6.21. The van der Waals surface area contributed by atoms with Crippen molar-refractivity contribution in [3.63, 3.8) is 0 Å². The first-order valence-electron chi connectivity index (χ1n) is 7.43. The van der Waals surface area contributed by atoms with Crippen LogP contribution in [0.3, 0.4) is 0 Å². The van der Waals surface area contributed by atoms with Crippen molar-refractivity contribution in [1.29, 1.82) is 0 Å². The number of hydrogen-bond donors (Lipinski definition) is 1. The summed E-state index contributed by atoms with van der Waals surface area (Å²) in [5, 5.41) is 0. The van der Waals surface area contributed by atoms with Gasteiger partial charge in [0.1, 0.15) is 12.6 Å². The van der Waals surface area contributed by atoms with Gasteiger partial charge in [0.25, 0.3) is 0 Å². The van der Waals surface area contributed by atoms with E-state index in [1.54, 1.807) is 40.9 Å². The maximum Gasteiger partial charge on any atom is 0.330 e. The lowest BCUT2D eigenvalue weighted by Gasteiger charge is -2.29. The minimum Gasteiger partial charge on any atom is -0.459 e. The van der Waals surface area contributed by atoms with Gasteiger partial charge < -0.3 is 15.4 Å². The highest BCUT2D eigenvalue weighted by molar-refractivity contribution is 8.01. The van der Waals surface area contributed by atoms with Crippen LogP contribution in [0.4, 0.5) is 0 Å². The molecule has 7 heteroatoms. The summed E-state index contributed by atoms with van der Waals surface area (Å²) >= 11 is 1.62. The van der Waals surface area contributed by atoms with Crippen LogP contribution in [-0.4, -0.2) is 39.3 Å². The van der Waals surface area contributed by atoms with Crippen molar-refractivity contribution in [2.75, 3.05) is 5.75 Å². The first-order chi connectivity index (χ1) is 10.9. The van der Waals surface area contributed by atoms with Gasteiger partial charge in [0.2, 0.25) is 11.8 Å². The van der Waals surface area contributed by atoms with E-state index in [1.165, 1.54) is 0 Å². The third-order valence-corrected chi connectivity index (χ3v) is 5.87. The lowest BCUT2D eigenvalue weighted by Crippen LogP contribution is -2.46. The van der Waals surface area contributed by atoms with E-state index in [9.17, 15) is 14.4 Å². The summed E-state index contributed by atoms with van der Waals surface area (Å²) in [6.07, 6.45) is 1.22. The molecule has 0 radical (unpaired) electrons. The Labute approximate surface area is 138 Å². The van der Waals surface area contributed by atoms with Gasteiger partial charge in [0, 0.05) is 23.3 Å². The fourth-order valence-corrected chi connectivity index (χ4v) is 4.54. The number of carbonyl (C=O) groups is 3. The molecule has 0 bridgehead atoms. The SMILES string of the molecule is C[C@@]12CCC(=O)N1[C@@H](C(=O)OCc1ccccc1C(N)=O)CS2. The summed E-state index contributed by atoms with van der Waals surface area (Å²) in [7, 11) is 0. The normalized spacial score (nSPS) is 26.2. The van der Waals surface area contributed by atoms with Gasteiger partial charge in [-0.1, -0.05) is 18.2 Å². The van der Waals surface area contributed by atoms with Gasteiger partial charge in [0.15, 0.2) is 0 Å². The molecule has 6 nitrogen and oxygen atoms in total. The quantitative estimate of drug-likeness (QED) is 0.838. The maximum atomic E-state index is 12.4. The zero-order valence-corrected chi connectivity index (χ0v) is 13.6. The molecule has 0 aromatic heterocycles. The summed E-state index contributed by atoms with van der Waals surface area (Å²) < 4.78 is 5.35. The van der Waals surface area contributed by atoms with Gasteiger partial charge in [0.05, 0.1) is 4.87 Å². The third-order valence-electron chi connectivity index (χ3n) is 4.37. The zero-order valence-electron chi connectivity index (χ0n) is 12.8. The van der Waals surface area contributed by atoms with Crippen molar-refractivity contribution in [1.82, 2.24) is 4.90 Å². The molecule has 122 valence electrons. The first kappa shape index (κ1) is 15.9. The van der Waals surface area contributed by atoms with Gasteiger partial charge >= 0.3 is 5.97 Å². The number of fused-ring (bicyclic) bond motifs is 1. The standard InChI is InChI=1S/C16H18N2O4S/c1-16-7-6-13(19)18(16)12(9-23-16)15(21)22-8-10-4-2-3-5-11(10)14(17)20/h2-5,12H,6-9H2,1H3,(H2,17,20)/t12-,16-/m1/s1. The van der Waals surface area contributed by atoms with E-state index in [4.69, 9.17) is 10.5 Å². The Morgan fingerprint density at radius 3 is 2.91 bits per heavy atom. The van der Waals surface area contributed by atoms with Crippen LogP contribution in [0.15, 0.2) is 24.3 Å². The average molecular weight is 334 g/mol. The molecule has 2 atom stereocenters. The second kappa shape index (κ2) is 5.88. The van der Waals surface area contributed by atoms with Crippen molar-refractivity contribution in [2.45, 2.75) is 37.3 Å². The highest BCUT2D eigenvalue weighted by Crippen LogP contribution is 2.47. The van der Waals surface area contributed by atoms with Crippen LogP contribution in [0.1, 0.15) is 35.7 Å². The van der Waals surface area contributed by atoms with Crippen molar-refractivity contribution >= 4 is 29.5 Å². The van der Waals surface area contributed by atoms with Crippen molar-refractivity contribution in [3.05, 3.63) is 35.4 Å². The van der Waals surface area contributed by atoms with Gasteiger partial charge in [-0.25, -0.2) is 4.79 Å². The molecule has 2 amide bonds. The molecular weight excluding hydrogens is 316 g/mol. The van der Waals surface area contributed by atoms with E-state index in [2.05, 4.69) is 0 Å². The minimum absolute atomic E-state index is 0.00279. The van der Waals surface area contributed by atoms with Crippen molar-refractivity contribution in [3.8, 4) is 0 Å². The molecule has 2 aliphatic rings. The molecule has 3 rings (SSSR count). The Bertz CT molecular complexity index is 678. The predicted octanol–water partition coefficient (Wildman–Crippen LogP) is 1.28. The maximum absolute atomic E-state index is 12.4. The summed E-state index contributed by atoms with van der Waals surface area (Å²) in [4.78, 5) is 37.2. The number of nitrogens with zero attached hydrogens (tertiary/aromatic N) is 1. The average Bonchev–Trinajstić information content (AvgIpc) is 3.02. The number of thioether (sulfide) groups is 1. The number of rotatable bonds is 4. The Hall–Kier alpha value is -2.02. The van der Waals surface area contributed by atoms with Gasteiger partial charge in [-0.05, 0) is 19.4 Å². The molecule has 2 heterocycles. The van der Waals surface area contributed by atoms with Crippen LogP contribution in [0.25, 0.3) is 0 Å². The molecule has 1 aromatic rings. The van der Waals surface area contributed by atoms with Gasteiger partial charge in [-0.15, -0.1) is 11.8 Å². The second-order valence-corrected chi connectivity index (χ2v) is 7.40. The lowest BCUT2D eigenvalue weighted by molar-refractivity contribution is -0.154. The molecule has 2 saturated heterocycles. The first-order valence-corrected chi connectivity index (χ1v) is 8.41. The Kier molecular flexibility index (Phi) is 4.06. The van der Waals surface area contributed by atoms with E-state index in [0.717, 1.165) is 6.42 Å². The van der Waals surface area contributed by atoms with E-state index < -0.39 is 17.9 Å². The van der Waals surface area contributed by atoms with Crippen LogP contribution >= 0.6 is 11.8 Å². The largest absolute Gasteiger partial charge is 0.459 e. The number of primary amides is 1. The van der Waals surface area contributed by atoms with Crippen molar-refractivity contribution < 1.29 is 19.1 Å². The third kappa shape index (κ3) is 2.81. The van der Waals surface area contributed by atoms with E-state index in [1.807, 2.05) is 6.92 Å². The Balaban J connectivity index is 1.69. The van der Waals surface area contributed by atoms with E-state index in [0.29, 0.717) is 23.3 Å². The summed E-state index contributed by atoms with van der Waals surface area (Å²) in [6, 6.07) is 6.19. The molecule has 2 fully saturated rings. The molecular formula is C16H18N2O4S. The molecule has 1 aromatic carbocycles. The zero-order chi connectivity index (χ0) is 16.6. The van der Waals surface area contributed by atoms with Gasteiger partial charge in [-0.2, -0.15) is 0 Å². The molecule has 0 saturated carbocycles.